The van der Waals surface area contributed by atoms with Crippen LogP contribution in [0.4, 0.5) is 0 Å². The molecule has 0 aliphatic heterocycles. The van der Waals surface area contributed by atoms with Crippen molar-refractivity contribution in [3.63, 3.8) is 0 Å². The highest BCUT2D eigenvalue weighted by atomic mass is 35.5. The Kier molecular flexibility index (Phi) is 7.69. The predicted molar refractivity (Wildman–Crippen MR) is 110 cm³/mol. The quantitative estimate of drug-likeness (QED) is 0.395. The Bertz CT molecular complexity index is 1010. The topological polar surface area (TPSA) is 99.8 Å². The number of hydrogen-bond donors (Lipinski definition) is 0. The summed E-state index contributed by atoms with van der Waals surface area (Å²) in [7, 11) is 1.25. The minimum Gasteiger partial charge on any atom is -0.490 e. The molecule has 0 bridgehead atoms. The van der Waals surface area contributed by atoms with E-state index in [1.807, 2.05) is 10.6 Å². The van der Waals surface area contributed by atoms with Gasteiger partial charge in [-0.25, -0.2) is 4.79 Å². The molecule has 0 radical (unpaired) electrons. The van der Waals surface area contributed by atoms with E-state index in [1.54, 1.807) is 18.3 Å². The molecule has 1 heterocycles. The van der Waals surface area contributed by atoms with Crippen LogP contribution in [0.5, 0.6) is 5.75 Å². The van der Waals surface area contributed by atoms with Crippen molar-refractivity contribution in [2.75, 3.05) is 40.1 Å². The first-order chi connectivity index (χ1) is 14.6. The van der Waals surface area contributed by atoms with Gasteiger partial charge in [0, 0.05) is 12.2 Å². The summed E-state index contributed by atoms with van der Waals surface area (Å²) in [5, 5.41) is 9.15. The summed E-state index contributed by atoms with van der Waals surface area (Å²) in [6, 6.07) is 5.49. The summed E-state index contributed by atoms with van der Waals surface area (Å²) in [5.41, 5.74) is 0.240. The molecule has 160 valence electrons. The molecule has 1 aromatic heterocycles. The summed E-state index contributed by atoms with van der Waals surface area (Å²) >= 11 is 6.37. The Labute approximate surface area is 178 Å². The van der Waals surface area contributed by atoms with E-state index in [1.165, 1.54) is 7.11 Å². The number of methoxy groups -OCH3 is 1. The van der Waals surface area contributed by atoms with Crippen molar-refractivity contribution in [3.05, 3.63) is 39.1 Å². The molecule has 0 amide bonds. The number of esters is 1. The Morgan fingerprint density at radius 2 is 1.90 bits per heavy atom. The van der Waals surface area contributed by atoms with Crippen molar-refractivity contribution < 1.29 is 23.7 Å². The summed E-state index contributed by atoms with van der Waals surface area (Å²) in [5.74, 6) is -0.321. The lowest BCUT2D eigenvalue weighted by Gasteiger charge is -2.15. The molecule has 0 N–H and O–H groups in total. The van der Waals surface area contributed by atoms with Crippen LogP contribution in [0.2, 0.25) is 5.02 Å². The fraction of sp³-hybridized carbons (Fsp3) is 0.476. The van der Waals surface area contributed by atoms with Crippen molar-refractivity contribution in [1.29, 1.82) is 5.26 Å². The lowest BCUT2D eigenvalue weighted by molar-refractivity contribution is 0.0381. The lowest BCUT2D eigenvalue weighted by atomic mass is 10.1. The Balaban J connectivity index is 1.70. The van der Waals surface area contributed by atoms with Gasteiger partial charge in [-0.05, 0) is 25.0 Å². The van der Waals surface area contributed by atoms with Gasteiger partial charge in [-0.2, -0.15) is 5.26 Å². The standard InChI is InChI=1S/C21H23ClN2O6/c1-27-21(26)16-13-24(14-3-4-14)18-12-17(22)19(11-15(18)20(16)25)30-10-9-29-8-7-28-6-2-5-23/h11-14H,2-4,6-10H2,1H3. The molecular weight excluding hydrogens is 412 g/mol. The number of carbonyl (C=O) groups is 1. The SMILES string of the molecule is COC(=O)c1cn(C2CC2)c2cc(Cl)c(OCCOCCOCCC#N)cc2c1=O. The van der Waals surface area contributed by atoms with Crippen LogP contribution in [0, 0.1) is 11.3 Å². The van der Waals surface area contributed by atoms with Crippen molar-refractivity contribution in [3.8, 4) is 11.8 Å². The molecule has 1 aliphatic rings. The van der Waals surface area contributed by atoms with E-state index in [0.29, 0.717) is 54.5 Å². The van der Waals surface area contributed by atoms with Crippen molar-refractivity contribution in [2.24, 2.45) is 0 Å². The van der Waals surface area contributed by atoms with Crippen LogP contribution in [-0.2, 0) is 14.2 Å². The molecule has 0 spiro atoms. The highest BCUT2D eigenvalue weighted by Gasteiger charge is 2.27. The third-order valence-corrected chi connectivity index (χ3v) is 4.94. The summed E-state index contributed by atoms with van der Waals surface area (Å²) in [4.78, 5) is 24.9. The fourth-order valence-corrected chi connectivity index (χ4v) is 3.23. The second-order valence-corrected chi connectivity index (χ2v) is 7.19. The molecular formula is C21H23ClN2O6. The first kappa shape index (κ1) is 22.1. The maximum Gasteiger partial charge on any atom is 0.343 e. The van der Waals surface area contributed by atoms with Crippen molar-refractivity contribution in [1.82, 2.24) is 4.57 Å². The molecule has 9 heteroatoms. The van der Waals surface area contributed by atoms with Gasteiger partial charge in [0.25, 0.3) is 0 Å². The first-order valence-electron chi connectivity index (χ1n) is 9.68. The highest BCUT2D eigenvalue weighted by molar-refractivity contribution is 6.32. The predicted octanol–water partition coefficient (Wildman–Crippen LogP) is 3.10. The number of fused-ring (bicyclic) bond motifs is 1. The minimum absolute atomic E-state index is 0.00935. The van der Waals surface area contributed by atoms with E-state index < -0.39 is 11.4 Å². The average molecular weight is 435 g/mol. The molecule has 1 fully saturated rings. The van der Waals surface area contributed by atoms with E-state index in [4.69, 9.17) is 35.8 Å². The maximum atomic E-state index is 12.8. The zero-order valence-electron chi connectivity index (χ0n) is 16.7. The van der Waals surface area contributed by atoms with Crippen LogP contribution < -0.4 is 10.2 Å². The monoisotopic (exact) mass is 434 g/mol. The van der Waals surface area contributed by atoms with Crippen LogP contribution in [-0.4, -0.2) is 50.7 Å². The molecule has 2 aromatic rings. The fourth-order valence-electron chi connectivity index (χ4n) is 3.02. The zero-order valence-corrected chi connectivity index (χ0v) is 17.4. The number of rotatable bonds is 11. The van der Waals surface area contributed by atoms with Gasteiger partial charge in [0.1, 0.15) is 17.9 Å². The minimum atomic E-state index is -0.667. The van der Waals surface area contributed by atoms with Crippen LogP contribution >= 0.6 is 11.6 Å². The average Bonchev–Trinajstić information content (AvgIpc) is 3.58. The van der Waals surface area contributed by atoms with Gasteiger partial charge in [-0.1, -0.05) is 11.6 Å². The van der Waals surface area contributed by atoms with Gasteiger partial charge in [0.15, 0.2) is 0 Å². The van der Waals surface area contributed by atoms with Crippen molar-refractivity contribution >= 4 is 28.5 Å². The number of carbonyl (C=O) groups excluding carboxylic acids is 1. The Morgan fingerprint density at radius 3 is 2.57 bits per heavy atom. The molecule has 8 nitrogen and oxygen atoms in total. The normalized spacial score (nSPS) is 13.2. The lowest BCUT2D eigenvalue weighted by Crippen LogP contribution is -2.20. The number of nitriles is 1. The molecule has 0 unspecified atom stereocenters. The van der Waals surface area contributed by atoms with E-state index in [-0.39, 0.29) is 18.2 Å². The molecule has 1 aromatic carbocycles. The summed E-state index contributed by atoms with van der Waals surface area (Å²) < 4.78 is 23.0. The number of ether oxygens (including phenoxy) is 4. The molecule has 1 aliphatic carbocycles. The third kappa shape index (κ3) is 5.30. The second kappa shape index (κ2) is 10.4. The van der Waals surface area contributed by atoms with Crippen LogP contribution in [0.3, 0.4) is 0 Å². The second-order valence-electron chi connectivity index (χ2n) is 6.78. The van der Waals surface area contributed by atoms with Gasteiger partial charge in [-0.15, -0.1) is 0 Å². The number of hydrogen-bond acceptors (Lipinski definition) is 7. The van der Waals surface area contributed by atoms with Gasteiger partial charge < -0.3 is 23.5 Å². The van der Waals surface area contributed by atoms with Crippen LogP contribution in [0.1, 0.15) is 35.7 Å². The van der Waals surface area contributed by atoms with Gasteiger partial charge in [0.2, 0.25) is 5.43 Å². The number of halogens is 1. The van der Waals surface area contributed by atoms with Crippen LogP contribution in [0.15, 0.2) is 23.1 Å². The van der Waals surface area contributed by atoms with Crippen LogP contribution in [0.25, 0.3) is 10.9 Å². The number of pyridine rings is 1. The molecule has 0 atom stereocenters. The summed E-state index contributed by atoms with van der Waals surface area (Å²) in [6.07, 6.45) is 3.86. The number of aromatic nitrogens is 1. The highest BCUT2D eigenvalue weighted by Crippen LogP contribution is 2.38. The van der Waals surface area contributed by atoms with Gasteiger partial charge >= 0.3 is 5.97 Å². The Morgan fingerprint density at radius 1 is 1.20 bits per heavy atom. The zero-order chi connectivity index (χ0) is 21.5. The molecule has 0 saturated heterocycles. The molecule has 30 heavy (non-hydrogen) atoms. The molecule has 3 rings (SSSR count). The van der Waals surface area contributed by atoms with Gasteiger partial charge in [0.05, 0.1) is 62.0 Å². The van der Waals surface area contributed by atoms with Gasteiger partial charge in [-0.3, -0.25) is 4.79 Å². The third-order valence-electron chi connectivity index (χ3n) is 4.65. The van der Waals surface area contributed by atoms with Crippen molar-refractivity contribution in [2.45, 2.75) is 25.3 Å². The number of benzene rings is 1. The molecule has 1 saturated carbocycles. The Hall–Kier alpha value is -2.60. The maximum absolute atomic E-state index is 12.8. The first-order valence-corrected chi connectivity index (χ1v) is 10.1. The van der Waals surface area contributed by atoms with E-state index in [2.05, 4.69) is 0 Å². The largest absolute Gasteiger partial charge is 0.490 e. The van der Waals surface area contributed by atoms with E-state index >= 15 is 0 Å². The summed E-state index contributed by atoms with van der Waals surface area (Å²) in [6.45, 7) is 1.71. The number of nitrogens with zero attached hydrogens (tertiary/aromatic N) is 2. The van der Waals surface area contributed by atoms with E-state index in [0.717, 1.165) is 12.8 Å². The van der Waals surface area contributed by atoms with E-state index in [9.17, 15) is 9.59 Å². The smallest absolute Gasteiger partial charge is 0.343 e.